The molecule has 6 atom stereocenters. The van der Waals surface area contributed by atoms with Crippen LogP contribution in [0.4, 0.5) is 4.79 Å². The van der Waals surface area contributed by atoms with Gasteiger partial charge in [-0.3, -0.25) is 28.7 Å². The maximum atomic E-state index is 13.6. The number of ether oxygens (including phenoxy) is 1. The number of rotatable bonds is 16. The number of amides is 5. The Balaban J connectivity index is 0.000000380. The Labute approximate surface area is 363 Å². The van der Waals surface area contributed by atoms with E-state index in [1.165, 1.54) is 21.7 Å². The van der Waals surface area contributed by atoms with E-state index in [4.69, 9.17) is 21.1 Å². The van der Waals surface area contributed by atoms with Gasteiger partial charge in [-0.05, 0) is 63.3 Å². The van der Waals surface area contributed by atoms with Crippen molar-refractivity contribution in [1.29, 1.82) is 0 Å². The number of aliphatic hydroxyl groups is 2. The standard InChI is InChI=1S/C33H44N6O5.C10H13N5O4/c1-21(2)19-39(32(44)38-33(3,4)5)20-28(40)26(17-22-11-7-6-8-12-22)36-31(43)27(18-29(34)41)37-30(42)25-16-15-23-13-9-10-14-24(23)35-25;1-5-3-15(10(18)12-9(5)17)8-2-6(13-14-11)7(4-16)19-8/h6-16,21,26-28,40H,17-20H2,1-5H3,(H2,34,41)(H,36,43)(H,37,42)(H,38,44);3,6-8,16H,2,4H2,1H3,(H,12,17,18)/t26-,27-,28+;/m0./s1. The fraction of sp³-hybridized carbons (Fsp3) is 0.465. The fourth-order valence-electron chi connectivity index (χ4n) is 6.74. The lowest BCUT2D eigenvalue weighted by Gasteiger charge is -2.34. The second-order valence-corrected chi connectivity index (χ2v) is 16.7. The Kier molecular flexibility index (Phi) is 17.5. The first kappa shape index (κ1) is 49.1. The lowest BCUT2D eigenvalue weighted by Crippen LogP contribution is -2.57. The van der Waals surface area contributed by atoms with Gasteiger partial charge in [0, 0.05) is 40.6 Å². The number of aliphatic hydroxyl groups excluding tert-OH is 2. The molecule has 63 heavy (non-hydrogen) atoms. The van der Waals surface area contributed by atoms with E-state index in [0.717, 1.165) is 10.9 Å². The molecule has 1 aliphatic rings. The third-order valence-electron chi connectivity index (χ3n) is 9.75. The average molecular weight is 872 g/mol. The molecular weight excluding hydrogens is 815 g/mol. The van der Waals surface area contributed by atoms with Gasteiger partial charge in [0.2, 0.25) is 11.8 Å². The summed E-state index contributed by atoms with van der Waals surface area (Å²) < 4.78 is 6.69. The Morgan fingerprint density at radius 1 is 1.05 bits per heavy atom. The largest absolute Gasteiger partial charge is 0.394 e. The molecule has 2 aromatic heterocycles. The molecule has 0 radical (unpaired) electrons. The molecule has 0 bridgehead atoms. The maximum Gasteiger partial charge on any atom is 0.330 e. The van der Waals surface area contributed by atoms with Crippen molar-refractivity contribution >= 4 is 34.7 Å². The summed E-state index contributed by atoms with van der Waals surface area (Å²) >= 11 is 0. The summed E-state index contributed by atoms with van der Waals surface area (Å²) in [5.74, 6) is -2.03. The number of carbonyl (C=O) groups excluding carboxylic acids is 4. The van der Waals surface area contributed by atoms with Crippen LogP contribution in [0.1, 0.15) is 75.3 Å². The first-order chi connectivity index (χ1) is 29.8. The molecule has 1 saturated heterocycles. The summed E-state index contributed by atoms with van der Waals surface area (Å²) in [5.41, 5.74) is 14.2. The minimum absolute atomic E-state index is 0.0638. The molecule has 5 rings (SSSR count). The number of aromatic amines is 1. The van der Waals surface area contributed by atoms with Crippen LogP contribution in [0.3, 0.4) is 0 Å². The highest BCUT2D eigenvalue weighted by Crippen LogP contribution is 2.29. The number of nitrogens with one attached hydrogen (secondary N) is 4. The number of hydrogen-bond acceptors (Lipinski definition) is 11. The monoisotopic (exact) mass is 871 g/mol. The van der Waals surface area contributed by atoms with E-state index in [1.54, 1.807) is 25.1 Å². The number of para-hydroxylation sites is 1. The van der Waals surface area contributed by atoms with Gasteiger partial charge in [0.25, 0.3) is 11.5 Å². The zero-order valence-corrected chi connectivity index (χ0v) is 36.2. The van der Waals surface area contributed by atoms with Gasteiger partial charge in [0.05, 0.1) is 49.4 Å². The van der Waals surface area contributed by atoms with Crippen LogP contribution >= 0.6 is 0 Å². The summed E-state index contributed by atoms with van der Waals surface area (Å²) in [6, 6.07) is 16.7. The molecule has 3 unspecified atom stereocenters. The van der Waals surface area contributed by atoms with E-state index in [0.29, 0.717) is 17.6 Å². The Bertz CT molecular complexity index is 2380. The van der Waals surface area contributed by atoms with Gasteiger partial charge in [-0.25, -0.2) is 14.6 Å². The summed E-state index contributed by atoms with van der Waals surface area (Å²) in [4.78, 5) is 85.5. The van der Waals surface area contributed by atoms with Crippen molar-refractivity contribution in [2.45, 2.75) is 103 Å². The summed E-state index contributed by atoms with van der Waals surface area (Å²) in [6.07, 6.45) is -1.09. The quantitative estimate of drug-likeness (QED) is 0.0490. The van der Waals surface area contributed by atoms with E-state index >= 15 is 0 Å². The second kappa shape index (κ2) is 22.5. The predicted octanol–water partition coefficient (Wildman–Crippen LogP) is 2.57. The zero-order valence-electron chi connectivity index (χ0n) is 36.2. The Hall–Kier alpha value is -6.60. The van der Waals surface area contributed by atoms with E-state index in [1.807, 2.05) is 77.1 Å². The minimum atomic E-state index is -1.32. The molecule has 1 aliphatic heterocycles. The van der Waals surface area contributed by atoms with Crippen LogP contribution in [0.15, 0.2) is 87.6 Å². The highest BCUT2D eigenvalue weighted by atomic mass is 16.5. The number of aryl methyl sites for hydroxylation is 1. The van der Waals surface area contributed by atoms with Gasteiger partial charge >= 0.3 is 11.7 Å². The number of nitrogens with two attached hydrogens (primary N) is 1. The molecule has 0 aliphatic carbocycles. The summed E-state index contributed by atoms with van der Waals surface area (Å²) in [5, 5.41) is 33.3. The van der Waals surface area contributed by atoms with E-state index < -0.39 is 77.5 Å². The first-order valence-electron chi connectivity index (χ1n) is 20.5. The van der Waals surface area contributed by atoms with Gasteiger partial charge < -0.3 is 41.5 Å². The van der Waals surface area contributed by atoms with E-state index in [-0.39, 0.29) is 43.6 Å². The molecule has 20 nitrogen and oxygen atoms in total. The first-order valence-corrected chi connectivity index (χ1v) is 20.5. The molecule has 3 heterocycles. The third kappa shape index (κ3) is 14.8. The second-order valence-electron chi connectivity index (χ2n) is 16.7. The van der Waals surface area contributed by atoms with Crippen molar-refractivity contribution in [1.82, 2.24) is 35.4 Å². The van der Waals surface area contributed by atoms with Crippen molar-refractivity contribution in [3.05, 3.63) is 121 Å². The van der Waals surface area contributed by atoms with Crippen LogP contribution < -0.4 is 32.9 Å². The molecular formula is C43H57N11O9. The maximum absolute atomic E-state index is 13.6. The molecule has 2 aromatic carbocycles. The predicted molar refractivity (Wildman–Crippen MR) is 234 cm³/mol. The molecule has 20 heteroatoms. The van der Waals surface area contributed by atoms with E-state index in [2.05, 4.69) is 35.9 Å². The lowest BCUT2D eigenvalue weighted by molar-refractivity contribution is -0.128. The number of azide groups is 1. The average Bonchev–Trinajstić information content (AvgIpc) is 3.63. The van der Waals surface area contributed by atoms with Gasteiger partial charge in [0.1, 0.15) is 18.0 Å². The number of primary amides is 1. The zero-order chi connectivity index (χ0) is 46.4. The number of H-pyrrole nitrogens is 1. The van der Waals surface area contributed by atoms with Crippen LogP contribution in [-0.4, -0.2) is 109 Å². The van der Waals surface area contributed by atoms with Gasteiger partial charge in [-0.1, -0.05) is 73.6 Å². The third-order valence-corrected chi connectivity index (χ3v) is 9.75. The molecule has 0 spiro atoms. The molecule has 8 N–H and O–H groups in total. The van der Waals surface area contributed by atoms with Crippen molar-refractivity contribution in [2.24, 2.45) is 16.8 Å². The smallest absolute Gasteiger partial charge is 0.330 e. The summed E-state index contributed by atoms with van der Waals surface area (Å²) in [6.45, 7) is 11.1. The molecule has 5 amide bonds. The number of carbonyl (C=O) groups is 4. The van der Waals surface area contributed by atoms with Crippen LogP contribution in [0.2, 0.25) is 0 Å². The number of benzene rings is 2. The van der Waals surface area contributed by atoms with Crippen LogP contribution in [0.25, 0.3) is 21.3 Å². The number of aromatic nitrogens is 3. The SMILES string of the molecule is CC(C)CN(C[C@@H](O)[C@H](Cc1ccccc1)NC(=O)[C@H](CC(N)=O)NC(=O)c1ccc2ccccc2n1)C(=O)NC(C)(C)C.Cc1cn(C2CC(N=[N+]=[N-])C(CO)O2)c(=O)[nH]c1=O. The van der Waals surface area contributed by atoms with Crippen LogP contribution in [0, 0.1) is 12.8 Å². The van der Waals surface area contributed by atoms with Crippen molar-refractivity contribution in [3.8, 4) is 0 Å². The normalized spacial score (nSPS) is 17.3. The number of fused-ring (bicyclic) bond motifs is 1. The number of nitrogens with zero attached hydrogens (tertiary/aromatic N) is 6. The number of pyridine rings is 1. The fourth-order valence-corrected chi connectivity index (χ4v) is 6.74. The number of hydrogen-bond donors (Lipinski definition) is 7. The van der Waals surface area contributed by atoms with Gasteiger partial charge in [-0.2, -0.15) is 0 Å². The Morgan fingerprint density at radius 3 is 2.37 bits per heavy atom. The van der Waals surface area contributed by atoms with Crippen LogP contribution in [0.5, 0.6) is 0 Å². The van der Waals surface area contributed by atoms with E-state index in [9.17, 15) is 33.9 Å². The molecule has 338 valence electrons. The lowest BCUT2D eigenvalue weighted by atomic mass is 9.99. The molecule has 1 fully saturated rings. The van der Waals surface area contributed by atoms with Gasteiger partial charge in [0.15, 0.2) is 0 Å². The molecule has 4 aromatic rings. The molecule has 0 saturated carbocycles. The van der Waals surface area contributed by atoms with Gasteiger partial charge in [-0.15, -0.1) is 0 Å². The highest BCUT2D eigenvalue weighted by molar-refractivity contribution is 5.99. The summed E-state index contributed by atoms with van der Waals surface area (Å²) in [7, 11) is 0. The van der Waals surface area contributed by atoms with Crippen molar-refractivity contribution in [3.63, 3.8) is 0 Å². The van der Waals surface area contributed by atoms with Crippen LogP contribution in [-0.2, 0) is 20.7 Å². The highest BCUT2D eigenvalue weighted by Gasteiger charge is 2.36. The Morgan fingerprint density at radius 2 is 1.73 bits per heavy atom. The number of urea groups is 1. The minimum Gasteiger partial charge on any atom is -0.394 e. The van der Waals surface area contributed by atoms with Crippen molar-refractivity contribution < 1.29 is 34.1 Å². The van der Waals surface area contributed by atoms with Crippen molar-refractivity contribution in [2.75, 3.05) is 19.7 Å². The topological polar surface area (TPSA) is 300 Å².